The topological polar surface area (TPSA) is 79.9 Å². The highest BCUT2D eigenvalue weighted by Gasteiger charge is 2.27. The number of hydrogen-bond donors (Lipinski definition) is 2. The summed E-state index contributed by atoms with van der Waals surface area (Å²) in [5.41, 5.74) is 2.55. The molecule has 0 saturated carbocycles. The maximum Gasteiger partial charge on any atom is 0.411 e. The maximum absolute atomic E-state index is 12.4. The number of benzene rings is 1. The van der Waals surface area contributed by atoms with Gasteiger partial charge in [0.05, 0.1) is 24.2 Å². The van der Waals surface area contributed by atoms with E-state index in [4.69, 9.17) is 0 Å². The lowest BCUT2D eigenvalue weighted by Gasteiger charge is -2.09. The zero-order valence-electron chi connectivity index (χ0n) is 14.0. The van der Waals surface area contributed by atoms with Gasteiger partial charge in [-0.05, 0) is 29.8 Å². The minimum Gasteiger partial charge on any atom is -0.367 e. The second-order valence-electron chi connectivity index (χ2n) is 5.63. The monoisotopic (exact) mass is 376 g/mol. The molecule has 0 aliphatic heterocycles. The number of rotatable bonds is 6. The number of anilines is 1. The van der Waals surface area contributed by atoms with E-state index in [1.54, 1.807) is 30.5 Å². The summed E-state index contributed by atoms with van der Waals surface area (Å²) >= 11 is 0. The highest BCUT2D eigenvalue weighted by molar-refractivity contribution is 6.05. The molecule has 3 rings (SSSR count). The van der Waals surface area contributed by atoms with Crippen LogP contribution in [0.25, 0.3) is 11.4 Å². The van der Waals surface area contributed by atoms with E-state index < -0.39 is 12.8 Å². The number of carbonyl (C=O) groups is 1. The molecule has 27 heavy (non-hydrogen) atoms. The van der Waals surface area contributed by atoms with E-state index in [0.29, 0.717) is 28.2 Å². The Kier molecular flexibility index (Phi) is 5.51. The second-order valence-corrected chi connectivity index (χ2v) is 5.63. The highest BCUT2D eigenvalue weighted by atomic mass is 19.4. The number of aromatic amines is 1. The number of aromatic nitrogens is 3. The third-order valence-electron chi connectivity index (χ3n) is 3.56. The molecule has 0 aliphatic rings. The van der Waals surface area contributed by atoms with E-state index in [9.17, 15) is 18.0 Å². The van der Waals surface area contributed by atoms with Crippen molar-refractivity contribution >= 4 is 11.6 Å². The summed E-state index contributed by atoms with van der Waals surface area (Å²) in [5.74, 6) is -0.378. The zero-order chi connectivity index (χ0) is 19.3. The van der Waals surface area contributed by atoms with Crippen molar-refractivity contribution in [1.29, 1.82) is 0 Å². The molecule has 1 amide bonds. The largest absolute Gasteiger partial charge is 0.411 e. The van der Waals surface area contributed by atoms with Crippen molar-refractivity contribution < 1.29 is 22.7 Å². The standard InChI is InChI=1S/C18H15F3N4O2/c19-18(20,21)11-27-10-12-4-6-13(7-5-12)17(26)24-15-9-23-25-16(15)14-3-1-2-8-22-14/h1-9H,10-11H2,(H,23,25)(H,24,26). The molecular weight excluding hydrogens is 361 g/mol. The van der Waals surface area contributed by atoms with Gasteiger partial charge in [-0.1, -0.05) is 18.2 Å². The lowest BCUT2D eigenvalue weighted by Crippen LogP contribution is -2.16. The van der Waals surface area contributed by atoms with Crippen molar-refractivity contribution in [3.63, 3.8) is 0 Å². The Balaban J connectivity index is 1.63. The maximum atomic E-state index is 12.4. The van der Waals surface area contributed by atoms with Gasteiger partial charge in [-0.25, -0.2) is 0 Å². The number of amides is 1. The number of halogens is 3. The first-order chi connectivity index (χ1) is 12.9. The molecule has 0 fully saturated rings. The summed E-state index contributed by atoms with van der Waals surface area (Å²) in [5, 5.41) is 9.45. The Hall–Kier alpha value is -3.20. The Morgan fingerprint density at radius 2 is 1.93 bits per heavy atom. The number of nitrogens with zero attached hydrogens (tertiary/aromatic N) is 2. The Morgan fingerprint density at radius 3 is 2.59 bits per heavy atom. The molecule has 2 aromatic heterocycles. The van der Waals surface area contributed by atoms with Gasteiger partial charge in [0.25, 0.3) is 5.91 Å². The van der Waals surface area contributed by atoms with Gasteiger partial charge >= 0.3 is 6.18 Å². The van der Waals surface area contributed by atoms with E-state index in [2.05, 4.69) is 25.2 Å². The second kappa shape index (κ2) is 8.00. The van der Waals surface area contributed by atoms with Gasteiger partial charge in [0.1, 0.15) is 12.3 Å². The van der Waals surface area contributed by atoms with Gasteiger partial charge in [0.2, 0.25) is 0 Å². The predicted molar refractivity (Wildman–Crippen MR) is 91.9 cm³/mol. The molecule has 0 aliphatic carbocycles. The van der Waals surface area contributed by atoms with Gasteiger partial charge in [-0.15, -0.1) is 0 Å². The number of H-pyrrole nitrogens is 1. The van der Waals surface area contributed by atoms with Crippen LogP contribution in [0.4, 0.5) is 18.9 Å². The molecule has 0 unspecified atom stereocenters. The zero-order valence-corrected chi connectivity index (χ0v) is 14.0. The lowest BCUT2D eigenvalue weighted by atomic mass is 10.1. The minimum absolute atomic E-state index is 0.188. The van der Waals surface area contributed by atoms with Crippen molar-refractivity contribution in [2.45, 2.75) is 12.8 Å². The summed E-state index contributed by atoms with van der Waals surface area (Å²) in [7, 11) is 0. The third kappa shape index (κ3) is 5.14. The molecule has 0 atom stereocenters. The van der Waals surface area contributed by atoms with E-state index in [-0.39, 0.29) is 12.5 Å². The summed E-state index contributed by atoms with van der Waals surface area (Å²) in [4.78, 5) is 16.6. The third-order valence-corrected chi connectivity index (χ3v) is 3.56. The quantitative estimate of drug-likeness (QED) is 0.686. The normalized spacial score (nSPS) is 11.4. The van der Waals surface area contributed by atoms with Gasteiger partial charge in [-0.2, -0.15) is 18.3 Å². The van der Waals surface area contributed by atoms with Crippen LogP contribution in [0.3, 0.4) is 0 Å². The first-order valence-corrected chi connectivity index (χ1v) is 7.92. The Labute approximate surface area is 152 Å². The van der Waals surface area contributed by atoms with Crippen LogP contribution in [0.5, 0.6) is 0 Å². The van der Waals surface area contributed by atoms with Crippen LogP contribution in [0, 0.1) is 0 Å². The highest BCUT2D eigenvalue weighted by Crippen LogP contribution is 2.23. The minimum atomic E-state index is -4.37. The number of ether oxygens (including phenoxy) is 1. The molecule has 1 aromatic carbocycles. The molecular formula is C18H15F3N4O2. The Bertz CT molecular complexity index is 893. The fourth-order valence-electron chi connectivity index (χ4n) is 2.32. The first kappa shape index (κ1) is 18.6. The van der Waals surface area contributed by atoms with Crippen molar-refractivity contribution in [3.05, 3.63) is 66.0 Å². The molecule has 0 bridgehead atoms. The van der Waals surface area contributed by atoms with E-state index in [0.717, 1.165) is 0 Å². The van der Waals surface area contributed by atoms with E-state index >= 15 is 0 Å². The van der Waals surface area contributed by atoms with Crippen LogP contribution in [-0.4, -0.2) is 33.9 Å². The van der Waals surface area contributed by atoms with Crippen molar-refractivity contribution in [3.8, 4) is 11.4 Å². The predicted octanol–water partition coefficient (Wildman–Crippen LogP) is 3.80. The fraction of sp³-hybridized carbons (Fsp3) is 0.167. The molecule has 3 aromatic rings. The van der Waals surface area contributed by atoms with Crippen LogP contribution in [0.2, 0.25) is 0 Å². The van der Waals surface area contributed by atoms with Crippen LogP contribution in [0.15, 0.2) is 54.9 Å². The summed E-state index contributed by atoms with van der Waals surface area (Å²) < 4.78 is 40.8. The SMILES string of the molecule is O=C(Nc1cn[nH]c1-c1ccccn1)c1ccc(COCC(F)(F)F)cc1. The van der Waals surface area contributed by atoms with Crippen LogP contribution < -0.4 is 5.32 Å². The molecule has 0 radical (unpaired) electrons. The average molecular weight is 376 g/mol. The molecule has 140 valence electrons. The van der Waals surface area contributed by atoms with Crippen LogP contribution in [-0.2, 0) is 11.3 Å². The van der Waals surface area contributed by atoms with E-state index in [1.165, 1.54) is 18.3 Å². The van der Waals surface area contributed by atoms with Gasteiger partial charge in [0.15, 0.2) is 0 Å². The van der Waals surface area contributed by atoms with Crippen molar-refractivity contribution in [2.24, 2.45) is 0 Å². The number of nitrogens with one attached hydrogen (secondary N) is 2. The number of alkyl halides is 3. The van der Waals surface area contributed by atoms with Crippen molar-refractivity contribution in [2.75, 3.05) is 11.9 Å². The molecule has 6 nitrogen and oxygen atoms in total. The van der Waals surface area contributed by atoms with Gasteiger partial charge in [-0.3, -0.25) is 14.9 Å². The summed E-state index contributed by atoms with van der Waals surface area (Å²) in [6.45, 7) is -1.50. The number of pyridine rings is 1. The molecule has 9 heteroatoms. The molecule has 0 saturated heterocycles. The molecule has 2 heterocycles. The number of hydrogen-bond acceptors (Lipinski definition) is 4. The fourth-order valence-corrected chi connectivity index (χ4v) is 2.32. The van der Waals surface area contributed by atoms with Gasteiger partial charge < -0.3 is 10.1 Å². The van der Waals surface area contributed by atoms with Crippen LogP contribution in [0.1, 0.15) is 15.9 Å². The van der Waals surface area contributed by atoms with E-state index in [1.807, 2.05) is 6.07 Å². The first-order valence-electron chi connectivity index (χ1n) is 7.92. The molecule has 0 spiro atoms. The van der Waals surface area contributed by atoms with Crippen molar-refractivity contribution in [1.82, 2.24) is 15.2 Å². The smallest absolute Gasteiger partial charge is 0.367 e. The summed E-state index contributed by atoms with van der Waals surface area (Å²) in [6, 6.07) is 11.5. The Morgan fingerprint density at radius 1 is 1.15 bits per heavy atom. The number of carbonyl (C=O) groups excluding carboxylic acids is 1. The molecule has 2 N–H and O–H groups in total. The lowest BCUT2D eigenvalue weighted by molar-refractivity contribution is -0.176. The summed E-state index contributed by atoms with van der Waals surface area (Å²) in [6.07, 6.45) is -1.27. The van der Waals surface area contributed by atoms with Gasteiger partial charge in [0, 0.05) is 11.8 Å². The van der Waals surface area contributed by atoms with Crippen LogP contribution >= 0.6 is 0 Å². The average Bonchev–Trinajstić information content (AvgIpc) is 3.10.